The van der Waals surface area contributed by atoms with Crippen LogP contribution in [0.2, 0.25) is 0 Å². The van der Waals surface area contributed by atoms with Gasteiger partial charge >= 0.3 is 5.69 Å². The van der Waals surface area contributed by atoms with Gasteiger partial charge in [-0.25, -0.2) is 14.2 Å². The maximum atomic E-state index is 14.5. The fraction of sp³-hybridized carbons (Fsp3) is 0.222. The van der Waals surface area contributed by atoms with Crippen LogP contribution in [0.1, 0.15) is 23.0 Å². The Kier molecular flexibility index (Phi) is 4.64. The number of hydrogen-bond acceptors (Lipinski definition) is 5. The average Bonchev–Trinajstić information content (AvgIpc) is 3.08. The van der Waals surface area contributed by atoms with Gasteiger partial charge in [0.1, 0.15) is 29.6 Å². The summed E-state index contributed by atoms with van der Waals surface area (Å²) >= 11 is 0. The van der Waals surface area contributed by atoms with Crippen molar-refractivity contribution in [3.05, 3.63) is 80.3 Å². The molecule has 1 atom stereocenters. The molecule has 0 bridgehead atoms. The van der Waals surface area contributed by atoms with Gasteiger partial charge in [0, 0.05) is 39.1 Å². The molecule has 0 amide bonds. The molecular formula is C18H17FN6O2. The number of hydrogen-bond donors (Lipinski definition) is 1. The highest BCUT2D eigenvalue weighted by atomic mass is 19.1. The second kappa shape index (κ2) is 6.92. The zero-order valence-electron chi connectivity index (χ0n) is 15.0. The highest BCUT2D eigenvalue weighted by molar-refractivity contribution is 5.54. The van der Waals surface area contributed by atoms with Crippen LogP contribution >= 0.6 is 0 Å². The summed E-state index contributed by atoms with van der Waals surface area (Å²) < 4.78 is 18.2. The van der Waals surface area contributed by atoms with Gasteiger partial charge in [-0.1, -0.05) is 18.2 Å². The summed E-state index contributed by atoms with van der Waals surface area (Å²) in [7, 11) is 4.47. The van der Waals surface area contributed by atoms with E-state index in [9.17, 15) is 19.2 Å². The van der Waals surface area contributed by atoms with E-state index in [1.807, 2.05) is 6.07 Å². The first-order valence-corrected chi connectivity index (χ1v) is 8.05. The number of nitrogens with zero attached hydrogens (tertiary/aromatic N) is 5. The average molecular weight is 368 g/mol. The molecule has 1 N–H and O–H groups in total. The second-order valence-corrected chi connectivity index (χ2v) is 6.04. The maximum Gasteiger partial charge on any atom is 0.332 e. The molecule has 0 aliphatic heterocycles. The van der Waals surface area contributed by atoms with E-state index < -0.39 is 23.1 Å². The van der Waals surface area contributed by atoms with Crippen LogP contribution in [-0.2, 0) is 21.1 Å². The minimum Gasteiger partial charge on any atom is -0.356 e. The molecule has 0 radical (unpaired) electrons. The first-order valence-electron chi connectivity index (χ1n) is 8.05. The number of aromatic nitrogens is 4. The van der Waals surface area contributed by atoms with Crippen LogP contribution in [0.15, 0.2) is 46.2 Å². The van der Waals surface area contributed by atoms with E-state index >= 15 is 0 Å². The Bertz CT molecular complexity index is 1170. The van der Waals surface area contributed by atoms with Crippen LogP contribution in [0, 0.1) is 17.1 Å². The second-order valence-electron chi connectivity index (χ2n) is 6.04. The van der Waals surface area contributed by atoms with Gasteiger partial charge in [-0.2, -0.15) is 5.26 Å². The lowest BCUT2D eigenvalue weighted by Crippen LogP contribution is -2.40. The quantitative estimate of drug-likeness (QED) is 0.742. The van der Waals surface area contributed by atoms with Crippen molar-refractivity contribution in [3.8, 4) is 6.07 Å². The van der Waals surface area contributed by atoms with Crippen LogP contribution in [0.3, 0.4) is 0 Å². The summed E-state index contributed by atoms with van der Waals surface area (Å²) in [6, 6.07) is 7.12. The van der Waals surface area contributed by atoms with E-state index in [2.05, 4.69) is 10.3 Å². The number of imidazole rings is 1. The summed E-state index contributed by atoms with van der Waals surface area (Å²) in [6.45, 7) is 0. The fourth-order valence-electron chi connectivity index (χ4n) is 2.90. The SMILES string of the molecule is Cn1ccnc1[C@@H](Nc1c(C#N)c(=O)n(C)c(=O)n1C)c1ccccc1F. The highest BCUT2D eigenvalue weighted by Crippen LogP contribution is 2.27. The summed E-state index contributed by atoms with van der Waals surface area (Å²) in [5.74, 6) is -0.0238. The van der Waals surface area contributed by atoms with Crippen molar-refractivity contribution in [2.45, 2.75) is 6.04 Å². The Morgan fingerprint density at radius 3 is 2.48 bits per heavy atom. The molecule has 3 rings (SSSR count). The van der Waals surface area contributed by atoms with Gasteiger partial charge < -0.3 is 9.88 Å². The first kappa shape index (κ1) is 18.1. The molecule has 0 unspecified atom stereocenters. The Labute approximate surface area is 153 Å². The van der Waals surface area contributed by atoms with Gasteiger partial charge in [0.25, 0.3) is 5.56 Å². The molecule has 0 saturated heterocycles. The molecule has 2 aromatic heterocycles. The van der Waals surface area contributed by atoms with Crippen LogP contribution in [0.4, 0.5) is 10.2 Å². The molecule has 27 heavy (non-hydrogen) atoms. The van der Waals surface area contributed by atoms with Crippen molar-refractivity contribution < 1.29 is 4.39 Å². The zero-order chi connectivity index (χ0) is 19.7. The monoisotopic (exact) mass is 368 g/mol. The fourth-order valence-corrected chi connectivity index (χ4v) is 2.90. The van der Waals surface area contributed by atoms with Gasteiger partial charge in [-0.05, 0) is 6.07 Å². The van der Waals surface area contributed by atoms with Crippen LogP contribution in [-0.4, -0.2) is 18.7 Å². The van der Waals surface area contributed by atoms with Gasteiger partial charge in [0.05, 0.1) is 0 Å². The number of rotatable bonds is 4. The Hall–Kier alpha value is -3.67. The minimum absolute atomic E-state index is 0.00172. The summed E-state index contributed by atoms with van der Waals surface area (Å²) in [5.41, 5.74) is -1.30. The molecule has 1 aromatic carbocycles. The Balaban J connectivity index is 2.25. The van der Waals surface area contributed by atoms with Gasteiger partial charge in [0.2, 0.25) is 0 Å². The predicted octanol–water partition coefficient (Wildman–Crippen LogP) is 1.03. The highest BCUT2D eigenvalue weighted by Gasteiger charge is 2.25. The van der Waals surface area contributed by atoms with Gasteiger partial charge in [-0.15, -0.1) is 0 Å². The van der Waals surface area contributed by atoms with E-state index in [0.29, 0.717) is 5.82 Å². The molecule has 0 aliphatic rings. The Morgan fingerprint density at radius 1 is 1.19 bits per heavy atom. The van der Waals surface area contributed by atoms with E-state index in [1.165, 1.54) is 20.2 Å². The lowest BCUT2D eigenvalue weighted by molar-refractivity contribution is 0.593. The number of nitriles is 1. The molecule has 138 valence electrons. The predicted molar refractivity (Wildman–Crippen MR) is 96.7 cm³/mol. The first-order chi connectivity index (χ1) is 12.9. The van der Waals surface area contributed by atoms with Crippen LogP contribution in [0.25, 0.3) is 0 Å². The lowest BCUT2D eigenvalue weighted by atomic mass is 10.0. The largest absolute Gasteiger partial charge is 0.356 e. The third-order valence-electron chi connectivity index (χ3n) is 4.39. The van der Waals surface area contributed by atoms with Crippen LogP contribution in [0.5, 0.6) is 0 Å². The van der Waals surface area contributed by atoms with Crippen molar-refractivity contribution in [2.24, 2.45) is 21.1 Å². The maximum absolute atomic E-state index is 14.5. The Morgan fingerprint density at radius 2 is 1.89 bits per heavy atom. The molecule has 3 aromatic rings. The third kappa shape index (κ3) is 3.01. The number of anilines is 1. The zero-order valence-corrected chi connectivity index (χ0v) is 15.0. The number of benzene rings is 1. The number of halogens is 1. The van der Waals surface area contributed by atoms with Crippen molar-refractivity contribution in [1.29, 1.82) is 5.26 Å². The van der Waals surface area contributed by atoms with Gasteiger partial charge in [0.15, 0.2) is 5.56 Å². The van der Waals surface area contributed by atoms with Gasteiger partial charge in [-0.3, -0.25) is 13.9 Å². The van der Waals surface area contributed by atoms with E-state index in [-0.39, 0.29) is 16.9 Å². The summed E-state index contributed by atoms with van der Waals surface area (Å²) in [5, 5.41) is 12.4. The topological polar surface area (TPSA) is 97.6 Å². The van der Waals surface area contributed by atoms with E-state index in [4.69, 9.17) is 0 Å². The van der Waals surface area contributed by atoms with Crippen molar-refractivity contribution >= 4 is 5.82 Å². The molecule has 0 saturated carbocycles. The summed E-state index contributed by atoms with van der Waals surface area (Å²) in [4.78, 5) is 28.9. The lowest BCUT2D eigenvalue weighted by Gasteiger charge is -2.23. The third-order valence-corrected chi connectivity index (χ3v) is 4.39. The van der Waals surface area contributed by atoms with E-state index in [1.54, 1.807) is 42.2 Å². The molecule has 8 nitrogen and oxygen atoms in total. The van der Waals surface area contributed by atoms with Crippen LogP contribution < -0.4 is 16.6 Å². The molecule has 0 aliphatic carbocycles. The van der Waals surface area contributed by atoms with Crippen molar-refractivity contribution in [2.75, 3.05) is 5.32 Å². The molecule has 0 fully saturated rings. The minimum atomic E-state index is -0.823. The number of nitrogens with one attached hydrogen (secondary N) is 1. The summed E-state index contributed by atoms with van der Waals surface area (Å²) in [6.07, 6.45) is 3.25. The standard InChI is InChI=1S/C18H17FN6O2/c1-23-9-8-21-16(23)14(11-6-4-5-7-13(11)19)22-15-12(10-20)17(26)25(3)18(27)24(15)2/h4-9,14,22H,1-3H3/t14-/m0/s1. The van der Waals surface area contributed by atoms with Crippen molar-refractivity contribution in [3.63, 3.8) is 0 Å². The normalized spacial score (nSPS) is 11.8. The smallest absolute Gasteiger partial charge is 0.332 e. The van der Waals surface area contributed by atoms with Crippen molar-refractivity contribution in [1.82, 2.24) is 18.7 Å². The number of aryl methyl sites for hydroxylation is 1. The molecule has 0 spiro atoms. The molecule has 9 heteroatoms. The van der Waals surface area contributed by atoms with E-state index in [0.717, 1.165) is 9.13 Å². The molecular weight excluding hydrogens is 351 g/mol. The molecule has 2 heterocycles.